The summed E-state index contributed by atoms with van der Waals surface area (Å²) in [5.41, 5.74) is 0.670. The van der Waals surface area contributed by atoms with Gasteiger partial charge in [-0.3, -0.25) is 4.55 Å². The molecule has 0 aromatic heterocycles. The van der Waals surface area contributed by atoms with Crippen molar-refractivity contribution in [3.05, 3.63) is 53.5 Å². The van der Waals surface area contributed by atoms with E-state index < -0.39 is 16.1 Å². The molecule has 1 aromatic rings. The standard InChI is InChI=1S/C14H16O5S.K.H/c1-2-14(15)19-10-6-9-13(20(16,17)18)11-12-7-4-3-5-8-12;;/h2-5,7-8,11H,1,6,9-10H2,(H,16,17,18);;. The molecule has 0 atom stereocenters. The molecule has 0 saturated carbocycles. The van der Waals surface area contributed by atoms with Crippen LogP contribution in [0.15, 0.2) is 47.9 Å². The van der Waals surface area contributed by atoms with Gasteiger partial charge in [-0.2, -0.15) is 8.42 Å². The number of rotatable bonds is 7. The van der Waals surface area contributed by atoms with Crippen molar-refractivity contribution >= 4 is 73.5 Å². The van der Waals surface area contributed by atoms with Crippen LogP contribution in [0.5, 0.6) is 0 Å². The molecule has 0 fully saturated rings. The first-order chi connectivity index (χ1) is 9.43. The van der Waals surface area contributed by atoms with Crippen molar-refractivity contribution < 1.29 is 22.5 Å². The molecule has 0 bridgehead atoms. The summed E-state index contributed by atoms with van der Waals surface area (Å²) in [6.07, 6.45) is 2.80. The van der Waals surface area contributed by atoms with Crippen molar-refractivity contribution in [1.29, 1.82) is 0 Å². The Hall–Kier alpha value is -0.284. The van der Waals surface area contributed by atoms with Gasteiger partial charge in [0.1, 0.15) is 0 Å². The number of carbonyl (C=O) groups excluding carboxylic acids is 1. The number of ether oxygens (including phenoxy) is 1. The Morgan fingerprint density at radius 3 is 2.43 bits per heavy atom. The Bertz CT molecular complexity index is 593. The molecule has 5 nitrogen and oxygen atoms in total. The van der Waals surface area contributed by atoms with Crippen molar-refractivity contribution in [3.63, 3.8) is 0 Å². The summed E-state index contributed by atoms with van der Waals surface area (Å²) in [6, 6.07) is 8.78. The van der Waals surface area contributed by atoms with Gasteiger partial charge in [0.05, 0.1) is 11.5 Å². The SMILES string of the molecule is C=CC(=O)OCCCC(=Cc1ccccc1)S(=O)(=O)O.[KH]. The number of esters is 1. The predicted molar refractivity (Wildman–Crippen MR) is 83.5 cm³/mol. The van der Waals surface area contributed by atoms with Gasteiger partial charge in [0.2, 0.25) is 0 Å². The maximum absolute atomic E-state index is 11.3. The molecule has 0 unspecified atom stereocenters. The number of allylic oxidation sites excluding steroid dienone is 1. The van der Waals surface area contributed by atoms with Crippen molar-refractivity contribution in [3.8, 4) is 0 Å². The van der Waals surface area contributed by atoms with Crippen LogP contribution in [0.4, 0.5) is 0 Å². The summed E-state index contributed by atoms with van der Waals surface area (Å²) < 4.78 is 36.5. The van der Waals surface area contributed by atoms with E-state index in [1.165, 1.54) is 6.08 Å². The van der Waals surface area contributed by atoms with Gasteiger partial charge in [-0.1, -0.05) is 36.9 Å². The minimum absolute atomic E-state index is 0. The molecular formula is C14H17KO5S. The Labute approximate surface area is 167 Å². The number of hydrogen-bond acceptors (Lipinski definition) is 4. The number of hydrogen-bond donors (Lipinski definition) is 1. The second-order valence-electron chi connectivity index (χ2n) is 3.97. The van der Waals surface area contributed by atoms with Crippen LogP contribution in [0.25, 0.3) is 6.08 Å². The summed E-state index contributed by atoms with van der Waals surface area (Å²) in [4.78, 5) is 10.7. The monoisotopic (exact) mass is 336 g/mol. The topological polar surface area (TPSA) is 80.7 Å². The summed E-state index contributed by atoms with van der Waals surface area (Å²) in [5.74, 6) is -0.564. The molecule has 1 N–H and O–H groups in total. The molecule has 1 rings (SSSR count). The van der Waals surface area contributed by atoms with Gasteiger partial charge in [-0.05, 0) is 24.5 Å². The average molecular weight is 336 g/mol. The van der Waals surface area contributed by atoms with E-state index in [1.54, 1.807) is 30.3 Å². The van der Waals surface area contributed by atoms with Crippen molar-refractivity contribution in [2.75, 3.05) is 6.61 Å². The first-order valence-electron chi connectivity index (χ1n) is 5.96. The van der Waals surface area contributed by atoms with Crippen LogP contribution in [-0.2, 0) is 19.6 Å². The van der Waals surface area contributed by atoms with Gasteiger partial charge in [0, 0.05) is 6.08 Å². The Kier molecular flexibility index (Phi) is 10.3. The molecule has 7 heteroatoms. The number of benzene rings is 1. The van der Waals surface area contributed by atoms with E-state index in [0.29, 0.717) is 5.56 Å². The zero-order valence-electron chi connectivity index (χ0n) is 10.9. The molecule has 110 valence electrons. The van der Waals surface area contributed by atoms with Crippen LogP contribution < -0.4 is 0 Å². The van der Waals surface area contributed by atoms with Gasteiger partial charge in [0.25, 0.3) is 10.1 Å². The van der Waals surface area contributed by atoms with E-state index in [1.807, 2.05) is 0 Å². The maximum atomic E-state index is 11.3. The summed E-state index contributed by atoms with van der Waals surface area (Å²) in [5, 5.41) is 0. The van der Waals surface area contributed by atoms with E-state index in [4.69, 9.17) is 4.74 Å². The van der Waals surface area contributed by atoms with Gasteiger partial charge >= 0.3 is 57.4 Å². The third-order valence-corrected chi connectivity index (χ3v) is 3.42. The predicted octanol–water partition coefficient (Wildman–Crippen LogP) is 1.78. The molecule has 21 heavy (non-hydrogen) atoms. The molecule has 0 aliphatic rings. The van der Waals surface area contributed by atoms with E-state index in [-0.39, 0.29) is 75.7 Å². The zero-order chi connectivity index (χ0) is 15.0. The average Bonchev–Trinajstić information content (AvgIpc) is 2.41. The zero-order valence-corrected chi connectivity index (χ0v) is 11.7. The normalized spacial score (nSPS) is 11.4. The van der Waals surface area contributed by atoms with Crippen LogP contribution in [0.2, 0.25) is 0 Å². The molecular weight excluding hydrogens is 319 g/mol. The van der Waals surface area contributed by atoms with Gasteiger partial charge < -0.3 is 4.74 Å². The van der Waals surface area contributed by atoms with Crippen molar-refractivity contribution in [2.45, 2.75) is 12.8 Å². The van der Waals surface area contributed by atoms with E-state index in [9.17, 15) is 17.8 Å². The Balaban J connectivity index is 0.00000400. The van der Waals surface area contributed by atoms with Crippen molar-refractivity contribution in [1.82, 2.24) is 0 Å². The fourth-order valence-corrected chi connectivity index (χ4v) is 2.18. The first kappa shape index (κ1) is 20.7. The van der Waals surface area contributed by atoms with E-state index >= 15 is 0 Å². The first-order valence-corrected chi connectivity index (χ1v) is 7.40. The minimum atomic E-state index is -4.27. The molecule has 1 aromatic carbocycles. The van der Waals surface area contributed by atoms with Gasteiger partial charge in [-0.25, -0.2) is 4.79 Å². The van der Waals surface area contributed by atoms with Gasteiger partial charge in [-0.15, -0.1) is 0 Å². The fourth-order valence-electron chi connectivity index (χ4n) is 1.49. The quantitative estimate of drug-likeness (QED) is 0.270. The molecule has 0 heterocycles. The summed E-state index contributed by atoms with van der Waals surface area (Å²) in [7, 11) is -4.27. The van der Waals surface area contributed by atoms with E-state index in [2.05, 4.69) is 6.58 Å². The van der Waals surface area contributed by atoms with E-state index in [0.717, 1.165) is 6.08 Å². The second kappa shape index (κ2) is 10.4. The third-order valence-electron chi connectivity index (χ3n) is 2.44. The van der Waals surface area contributed by atoms with Crippen LogP contribution in [0.1, 0.15) is 18.4 Å². The molecule has 0 saturated heterocycles. The fraction of sp³-hybridized carbons (Fsp3) is 0.214. The van der Waals surface area contributed by atoms with Gasteiger partial charge in [0.15, 0.2) is 0 Å². The Morgan fingerprint density at radius 1 is 1.29 bits per heavy atom. The second-order valence-corrected chi connectivity index (χ2v) is 5.45. The molecule has 0 amide bonds. The molecule has 0 spiro atoms. The van der Waals surface area contributed by atoms with Crippen molar-refractivity contribution in [2.24, 2.45) is 0 Å². The number of carbonyl (C=O) groups is 1. The molecule has 0 aliphatic carbocycles. The van der Waals surface area contributed by atoms with Crippen LogP contribution in [0.3, 0.4) is 0 Å². The summed E-state index contributed by atoms with van der Waals surface area (Å²) >= 11 is 0. The van der Waals surface area contributed by atoms with Crippen LogP contribution in [0, 0.1) is 0 Å². The van der Waals surface area contributed by atoms with Crippen LogP contribution in [-0.4, -0.2) is 76.9 Å². The third kappa shape index (κ3) is 8.67. The summed E-state index contributed by atoms with van der Waals surface area (Å²) in [6.45, 7) is 3.31. The van der Waals surface area contributed by atoms with Crippen LogP contribution >= 0.6 is 0 Å². The molecule has 0 radical (unpaired) electrons. The Morgan fingerprint density at radius 2 is 1.90 bits per heavy atom. The molecule has 0 aliphatic heterocycles.